The first-order chi connectivity index (χ1) is 11.8. The molecule has 1 aliphatic heterocycles. The molecule has 0 spiro atoms. The van der Waals surface area contributed by atoms with Gasteiger partial charge in [0.1, 0.15) is 11.9 Å². The van der Waals surface area contributed by atoms with Crippen molar-refractivity contribution in [3.63, 3.8) is 0 Å². The molecule has 0 aliphatic carbocycles. The van der Waals surface area contributed by atoms with Gasteiger partial charge in [0.25, 0.3) is 0 Å². The number of carbonyl (C=O) groups excluding carboxylic acids is 2. The van der Waals surface area contributed by atoms with Crippen molar-refractivity contribution < 1.29 is 14.0 Å². The Labute approximate surface area is 147 Å². The molecule has 1 fully saturated rings. The minimum Gasteiger partial charge on any atom is -0.396 e. The first-order valence-corrected chi connectivity index (χ1v) is 8.28. The van der Waals surface area contributed by atoms with Gasteiger partial charge in [0.2, 0.25) is 11.8 Å². The van der Waals surface area contributed by atoms with Gasteiger partial charge >= 0.3 is 0 Å². The van der Waals surface area contributed by atoms with Crippen LogP contribution in [-0.4, -0.2) is 60.9 Å². The van der Waals surface area contributed by atoms with E-state index < -0.39 is 23.7 Å². The predicted octanol–water partition coefficient (Wildman–Crippen LogP) is 0.956. The number of likely N-dealkylation sites (N-methyl/N-ethyl adjacent to an activating group) is 1. The van der Waals surface area contributed by atoms with Gasteiger partial charge in [-0.1, -0.05) is 19.6 Å². The van der Waals surface area contributed by atoms with Crippen molar-refractivity contribution in [3.8, 4) is 0 Å². The van der Waals surface area contributed by atoms with Crippen LogP contribution >= 0.6 is 0 Å². The molecule has 2 amide bonds. The second kappa shape index (κ2) is 8.11. The Morgan fingerprint density at radius 1 is 1.32 bits per heavy atom. The summed E-state index contributed by atoms with van der Waals surface area (Å²) in [5.74, 6) is -1.56. The van der Waals surface area contributed by atoms with Crippen LogP contribution in [0.1, 0.15) is 18.4 Å². The number of benzene rings is 1. The third kappa shape index (κ3) is 4.57. The van der Waals surface area contributed by atoms with Crippen molar-refractivity contribution in [2.45, 2.75) is 18.9 Å². The predicted molar refractivity (Wildman–Crippen MR) is 95.4 cm³/mol. The zero-order valence-corrected chi connectivity index (χ0v) is 14.7. The lowest BCUT2D eigenvalue weighted by molar-refractivity contribution is -0.137. The fourth-order valence-corrected chi connectivity index (χ4v) is 2.86. The molecule has 6 nitrogen and oxygen atoms in total. The second-order valence-electron chi connectivity index (χ2n) is 6.39. The first-order valence-electron chi connectivity index (χ1n) is 8.28. The quantitative estimate of drug-likeness (QED) is 0.614. The van der Waals surface area contributed by atoms with E-state index in [0.29, 0.717) is 18.7 Å². The Morgan fingerprint density at radius 3 is 2.52 bits per heavy atom. The van der Waals surface area contributed by atoms with Gasteiger partial charge in [-0.25, -0.2) is 4.39 Å². The van der Waals surface area contributed by atoms with Crippen molar-refractivity contribution in [1.29, 1.82) is 0 Å². The molecule has 7 heteroatoms. The van der Waals surface area contributed by atoms with Crippen LogP contribution in [0.5, 0.6) is 0 Å². The Bertz CT molecular complexity index is 656. The molecule has 3 N–H and O–H groups in total. The highest BCUT2D eigenvalue weighted by atomic mass is 19.1. The van der Waals surface area contributed by atoms with Crippen LogP contribution < -0.4 is 11.1 Å². The van der Waals surface area contributed by atoms with Crippen LogP contribution in [0.25, 0.3) is 0 Å². The lowest BCUT2D eigenvalue weighted by atomic mass is 9.91. The van der Waals surface area contributed by atoms with Gasteiger partial charge in [0.05, 0.1) is 5.69 Å². The number of hydrogen-bond donors (Lipinski definition) is 2. The second-order valence-corrected chi connectivity index (χ2v) is 6.39. The van der Waals surface area contributed by atoms with Crippen molar-refractivity contribution >= 4 is 17.5 Å². The summed E-state index contributed by atoms with van der Waals surface area (Å²) in [5.41, 5.74) is 6.17. The summed E-state index contributed by atoms with van der Waals surface area (Å²) in [7, 11) is 2.00. The van der Waals surface area contributed by atoms with Crippen LogP contribution in [-0.2, 0) is 9.59 Å². The number of nitrogens with one attached hydrogen (secondary N) is 1. The molecule has 1 aromatic rings. The maximum Gasteiger partial charge on any atom is 0.245 e. The van der Waals surface area contributed by atoms with E-state index in [4.69, 9.17) is 5.73 Å². The van der Waals surface area contributed by atoms with E-state index in [-0.39, 0.29) is 11.6 Å². The van der Waals surface area contributed by atoms with E-state index in [1.54, 1.807) is 17.9 Å². The monoisotopic (exact) mass is 348 g/mol. The highest BCUT2D eigenvalue weighted by molar-refractivity contribution is 5.93. The van der Waals surface area contributed by atoms with Gasteiger partial charge in [0, 0.05) is 32.1 Å². The Hall–Kier alpha value is -2.41. The fraction of sp³-hybridized carbons (Fsp3) is 0.444. The van der Waals surface area contributed by atoms with E-state index in [9.17, 15) is 14.0 Å². The summed E-state index contributed by atoms with van der Waals surface area (Å²) in [6, 6.07) is 3.66. The molecular weight excluding hydrogens is 323 g/mol. The number of nitrogens with zero attached hydrogens (tertiary/aromatic N) is 2. The summed E-state index contributed by atoms with van der Waals surface area (Å²) in [6.45, 7) is 7.96. The molecule has 0 bridgehead atoms. The van der Waals surface area contributed by atoms with Crippen molar-refractivity contribution in [3.05, 3.63) is 42.2 Å². The van der Waals surface area contributed by atoms with Crippen LogP contribution in [0, 0.1) is 5.82 Å². The van der Waals surface area contributed by atoms with Gasteiger partial charge < -0.3 is 20.9 Å². The molecule has 1 aromatic carbocycles. The number of hydrogen-bond acceptors (Lipinski definition) is 4. The van der Waals surface area contributed by atoms with Crippen LogP contribution in [0.4, 0.5) is 10.1 Å². The fourth-order valence-electron chi connectivity index (χ4n) is 2.86. The molecule has 1 saturated heterocycles. The van der Waals surface area contributed by atoms with Gasteiger partial charge in [-0.15, -0.1) is 0 Å². The topological polar surface area (TPSA) is 78.7 Å². The highest BCUT2D eigenvalue weighted by Gasteiger charge is 2.32. The molecule has 136 valence electrons. The third-order valence-corrected chi connectivity index (χ3v) is 4.61. The number of nitrogen functional groups attached to an aromatic ring is 1. The molecule has 0 saturated carbocycles. The normalized spacial score (nSPS) is 17.6. The Balaban J connectivity index is 2.24. The number of carbonyl (C=O) groups is 2. The smallest absolute Gasteiger partial charge is 0.245 e. The molecular formula is C18H25FN4O2. The summed E-state index contributed by atoms with van der Waals surface area (Å²) in [5, 5.41) is 2.69. The zero-order valence-electron chi connectivity index (χ0n) is 14.7. The Kier molecular flexibility index (Phi) is 6.14. The number of halogens is 1. The van der Waals surface area contributed by atoms with E-state index in [0.717, 1.165) is 19.2 Å². The lowest BCUT2D eigenvalue weighted by Gasteiger charge is -2.36. The van der Waals surface area contributed by atoms with Gasteiger partial charge in [-0.3, -0.25) is 9.59 Å². The summed E-state index contributed by atoms with van der Waals surface area (Å²) >= 11 is 0. The summed E-state index contributed by atoms with van der Waals surface area (Å²) in [4.78, 5) is 28.7. The maximum absolute atomic E-state index is 13.8. The lowest BCUT2D eigenvalue weighted by Crippen LogP contribution is -2.55. The third-order valence-electron chi connectivity index (χ3n) is 4.61. The number of piperazine rings is 1. The van der Waals surface area contributed by atoms with Crippen molar-refractivity contribution in [2.24, 2.45) is 0 Å². The van der Waals surface area contributed by atoms with Crippen molar-refractivity contribution in [1.82, 2.24) is 15.1 Å². The average molecular weight is 348 g/mol. The molecule has 0 aromatic heterocycles. The highest BCUT2D eigenvalue weighted by Crippen LogP contribution is 2.24. The van der Waals surface area contributed by atoms with Gasteiger partial charge in [0.15, 0.2) is 0 Å². The Morgan fingerprint density at radius 2 is 1.96 bits per heavy atom. The summed E-state index contributed by atoms with van der Waals surface area (Å²) in [6.07, 6.45) is 1.13. The van der Waals surface area contributed by atoms with E-state index in [1.807, 2.05) is 7.05 Å². The SMILES string of the molecule is C=CC(=O)N[C@@H](C(=O)N1CCN(C)CC1)[C@@H](C)c1ccc(N)c(F)c1. The van der Waals surface area contributed by atoms with E-state index >= 15 is 0 Å². The van der Waals surface area contributed by atoms with Crippen LogP contribution in [0.15, 0.2) is 30.9 Å². The molecule has 1 aliphatic rings. The van der Waals surface area contributed by atoms with E-state index in [1.165, 1.54) is 12.1 Å². The van der Waals surface area contributed by atoms with Crippen molar-refractivity contribution in [2.75, 3.05) is 39.0 Å². The molecule has 25 heavy (non-hydrogen) atoms. The van der Waals surface area contributed by atoms with E-state index in [2.05, 4.69) is 16.8 Å². The zero-order chi connectivity index (χ0) is 18.6. The average Bonchev–Trinajstić information content (AvgIpc) is 2.61. The standard InChI is InChI=1S/C18H25FN4O2/c1-4-16(24)21-17(18(25)23-9-7-22(3)8-10-23)12(2)13-5-6-15(20)14(19)11-13/h4-6,11-12,17H,1,7-10,20H2,2-3H3,(H,21,24)/t12-,17+/m0/s1. The largest absolute Gasteiger partial charge is 0.396 e. The van der Waals surface area contributed by atoms with Gasteiger partial charge in [-0.05, 0) is 30.8 Å². The molecule has 0 unspecified atom stereocenters. The minimum absolute atomic E-state index is 0.0491. The molecule has 1 heterocycles. The number of rotatable bonds is 5. The minimum atomic E-state index is -0.795. The molecule has 2 rings (SSSR count). The number of nitrogens with two attached hydrogens (primary N) is 1. The number of amides is 2. The first kappa shape index (κ1) is 18.9. The number of anilines is 1. The van der Waals surface area contributed by atoms with Crippen LogP contribution in [0.2, 0.25) is 0 Å². The molecule has 0 radical (unpaired) electrons. The summed E-state index contributed by atoms with van der Waals surface area (Å²) < 4.78 is 13.8. The van der Waals surface area contributed by atoms with Crippen LogP contribution in [0.3, 0.4) is 0 Å². The maximum atomic E-state index is 13.8. The van der Waals surface area contributed by atoms with Gasteiger partial charge in [-0.2, -0.15) is 0 Å². The molecule has 2 atom stereocenters.